The molecule has 128 valence electrons. The number of amides is 1. The van der Waals surface area contributed by atoms with Crippen LogP contribution in [0, 0.1) is 0 Å². The average Bonchev–Trinajstić information content (AvgIpc) is 3.30. The molecule has 0 spiro atoms. The van der Waals surface area contributed by atoms with Gasteiger partial charge in [0.25, 0.3) is 0 Å². The maximum absolute atomic E-state index is 12.1. The summed E-state index contributed by atoms with van der Waals surface area (Å²) in [6, 6.07) is 5.22. The third-order valence-electron chi connectivity index (χ3n) is 3.78. The van der Waals surface area contributed by atoms with Crippen molar-refractivity contribution in [2.45, 2.75) is 18.9 Å². The van der Waals surface area contributed by atoms with Crippen LogP contribution >= 0.6 is 0 Å². The fourth-order valence-electron chi connectivity index (χ4n) is 2.50. The van der Waals surface area contributed by atoms with E-state index in [-0.39, 0.29) is 12.0 Å². The molecule has 1 atom stereocenters. The first-order chi connectivity index (χ1) is 11.7. The third kappa shape index (κ3) is 3.48. The summed E-state index contributed by atoms with van der Waals surface area (Å²) in [6.07, 6.45) is 2.02. The highest BCUT2D eigenvalue weighted by Gasteiger charge is 2.20. The summed E-state index contributed by atoms with van der Waals surface area (Å²) in [5.41, 5.74) is 0.662. The summed E-state index contributed by atoms with van der Waals surface area (Å²) < 4.78 is 20.9. The maximum atomic E-state index is 12.1. The molecule has 8 nitrogen and oxygen atoms in total. The van der Waals surface area contributed by atoms with Crippen molar-refractivity contribution in [2.75, 3.05) is 27.4 Å². The Balaban J connectivity index is 1.69. The highest BCUT2D eigenvalue weighted by Crippen LogP contribution is 2.31. The van der Waals surface area contributed by atoms with Gasteiger partial charge in [0.2, 0.25) is 5.82 Å². The zero-order valence-corrected chi connectivity index (χ0v) is 13.6. The van der Waals surface area contributed by atoms with Crippen molar-refractivity contribution < 1.29 is 23.5 Å². The van der Waals surface area contributed by atoms with Gasteiger partial charge in [-0.2, -0.15) is 4.98 Å². The molecule has 3 rings (SSSR count). The Hall–Kier alpha value is -2.61. The highest BCUT2D eigenvalue weighted by atomic mass is 16.5. The molecule has 2 heterocycles. The molecule has 1 N–H and O–H groups in total. The van der Waals surface area contributed by atoms with Gasteiger partial charge in [0.1, 0.15) is 0 Å². The Labute approximate surface area is 139 Å². The first-order valence-corrected chi connectivity index (χ1v) is 7.67. The predicted octanol–water partition coefficient (Wildman–Crippen LogP) is 1.66. The first kappa shape index (κ1) is 16.3. The van der Waals surface area contributed by atoms with Gasteiger partial charge in [0, 0.05) is 18.7 Å². The van der Waals surface area contributed by atoms with Crippen LogP contribution in [0.25, 0.3) is 11.4 Å². The van der Waals surface area contributed by atoms with Gasteiger partial charge in [0.15, 0.2) is 11.5 Å². The van der Waals surface area contributed by atoms with E-state index in [1.165, 1.54) is 0 Å². The smallest absolute Gasteiger partial charge is 0.316 e. The Bertz CT molecular complexity index is 709. The lowest BCUT2D eigenvalue weighted by Gasteiger charge is -2.08. The number of hydrogen-bond acceptors (Lipinski definition) is 7. The molecule has 1 amide bonds. The molecule has 1 fully saturated rings. The number of carbonyl (C=O) groups excluding carboxylic acids is 1. The molecule has 2 aromatic rings. The van der Waals surface area contributed by atoms with E-state index in [0.717, 1.165) is 19.4 Å². The van der Waals surface area contributed by atoms with Gasteiger partial charge in [-0.3, -0.25) is 4.79 Å². The van der Waals surface area contributed by atoms with Crippen LogP contribution in [0.5, 0.6) is 11.5 Å². The van der Waals surface area contributed by atoms with E-state index in [1.807, 2.05) is 0 Å². The molecular weight excluding hydrogens is 314 g/mol. The number of rotatable bonds is 6. The van der Waals surface area contributed by atoms with Crippen LogP contribution in [0.1, 0.15) is 23.5 Å². The van der Waals surface area contributed by atoms with Crippen LogP contribution in [0.4, 0.5) is 0 Å². The second kappa shape index (κ2) is 7.31. The standard InChI is InChI=1S/C16H19N3O5/c1-21-12-6-5-10(8-13(12)22-2)14-18-16(24-19-14)15(20)17-9-11-4-3-7-23-11/h5-6,8,11H,3-4,7,9H2,1-2H3,(H,17,20). The van der Waals surface area contributed by atoms with E-state index >= 15 is 0 Å². The summed E-state index contributed by atoms with van der Waals surface area (Å²) >= 11 is 0. The lowest BCUT2D eigenvalue weighted by molar-refractivity contribution is 0.0822. The van der Waals surface area contributed by atoms with Crippen LogP contribution in [0.2, 0.25) is 0 Å². The summed E-state index contributed by atoms with van der Waals surface area (Å²) in [4.78, 5) is 16.2. The molecule has 1 aliphatic heterocycles. The molecule has 8 heteroatoms. The first-order valence-electron chi connectivity index (χ1n) is 7.67. The zero-order valence-electron chi connectivity index (χ0n) is 13.6. The van der Waals surface area contributed by atoms with Crippen LogP contribution in [-0.2, 0) is 4.74 Å². The fraction of sp³-hybridized carbons (Fsp3) is 0.438. The van der Waals surface area contributed by atoms with Gasteiger partial charge in [-0.05, 0) is 31.0 Å². The zero-order chi connectivity index (χ0) is 16.9. The third-order valence-corrected chi connectivity index (χ3v) is 3.78. The topological polar surface area (TPSA) is 95.7 Å². The van der Waals surface area contributed by atoms with Crippen molar-refractivity contribution >= 4 is 5.91 Å². The Morgan fingerprint density at radius 3 is 2.88 bits per heavy atom. The minimum atomic E-state index is -0.412. The Morgan fingerprint density at radius 2 is 2.17 bits per heavy atom. The number of aromatic nitrogens is 2. The minimum absolute atomic E-state index is 0.0576. The lowest BCUT2D eigenvalue weighted by atomic mass is 10.2. The van der Waals surface area contributed by atoms with Gasteiger partial charge in [0.05, 0.1) is 20.3 Å². The van der Waals surface area contributed by atoms with Crippen LogP contribution in [0.3, 0.4) is 0 Å². The lowest BCUT2D eigenvalue weighted by Crippen LogP contribution is -2.31. The number of nitrogens with one attached hydrogen (secondary N) is 1. The van der Waals surface area contributed by atoms with Crippen molar-refractivity contribution in [2.24, 2.45) is 0 Å². The molecule has 0 saturated carbocycles. The van der Waals surface area contributed by atoms with E-state index < -0.39 is 5.91 Å². The monoisotopic (exact) mass is 333 g/mol. The molecule has 24 heavy (non-hydrogen) atoms. The number of nitrogens with zero attached hydrogens (tertiary/aromatic N) is 2. The number of methoxy groups -OCH3 is 2. The summed E-state index contributed by atoms with van der Waals surface area (Å²) in [6.45, 7) is 1.18. The molecule has 1 aromatic heterocycles. The van der Waals surface area contributed by atoms with E-state index in [9.17, 15) is 4.79 Å². The molecule has 1 unspecified atom stereocenters. The molecule has 0 bridgehead atoms. The second-order valence-electron chi connectivity index (χ2n) is 5.34. The van der Waals surface area contributed by atoms with Crippen LogP contribution < -0.4 is 14.8 Å². The highest BCUT2D eigenvalue weighted by molar-refractivity contribution is 5.89. The number of benzene rings is 1. The normalized spacial score (nSPS) is 16.8. The van der Waals surface area contributed by atoms with E-state index in [1.54, 1.807) is 32.4 Å². The summed E-state index contributed by atoms with van der Waals surface area (Å²) in [5.74, 6) is 0.948. The van der Waals surface area contributed by atoms with Crippen molar-refractivity contribution in [3.05, 3.63) is 24.1 Å². The Morgan fingerprint density at radius 1 is 1.33 bits per heavy atom. The fourth-order valence-corrected chi connectivity index (χ4v) is 2.50. The van der Waals surface area contributed by atoms with Crippen LogP contribution in [0.15, 0.2) is 22.7 Å². The second-order valence-corrected chi connectivity index (χ2v) is 5.34. The number of carbonyl (C=O) groups is 1. The predicted molar refractivity (Wildman–Crippen MR) is 84.1 cm³/mol. The van der Waals surface area contributed by atoms with Crippen LogP contribution in [-0.4, -0.2) is 49.5 Å². The quantitative estimate of drug-likeness (QED) is 0.859. The van der Waals surface area contributed by atoms with E-state index in [4.69, 9.17) is 18.7 Å². The summed E-state index contributed by atoms with van der Waals surface area (Å²) in [5, 5.41) is 6.59. The average molecular weight is 333 g/mol. The van der Waals surface area contributed by atoms with Crippen molar-refractivity contribution in [1.82, 2.24) is 15.5 Å². The van der Waals surface area contributed by atoms with Gasteiger partial charge < -0.3 is 24.1 Å². The molecular formula is C16H19N3O5. The van der Waals surface area contributed by atoms with Crippen molar-refractivity contribution in [3.63, 3.8) is 0 Å². The number of hydrogen-bond donors (Lipinski definition) is 1. The summed E-state index contributed by atoms with van der Waals surface area (Å²) in [7, 11) is 3.10. The van der Waals surface area contributed by atoms with Gasteiger partial charge in [-0.1, -0.05) is 5.16 Å². The van der Waals surface area contributed by atoms with E-state index in [0.29, 0.717) is 29.4 Å². The maximum Gasteiger partial charge on any atom is 0.316 e. The molecule has 1 aliphatic rings. The van der Waals surface area contributed by atoms with Crippen molar-refractivity contribution in [1.29, 1.82) is 0 Å². The minimum Gasteiger partial charge on any atom is -0.493 e. The number of ether oxygens (including phenoxy) is 3. The molecule has 1 saturated heterocycles. The largest absolute Gasteiger partial charge is 0.493 e. The molecule has 1 aromatic carbocycles. The van der Waals surface area contributed by atoms with E-state index in [2.05, 4.69) is 15.5 Å². The SMILES string of the molecule is COc1ccc(-c2noc(C(=O)NCC3CCCO3)n2)cc1OC. The Kier molecular flexibility index (Phi) is 4.95. The van der Waals surface area contributed by atoms with Gasteiger partial charge in [-0.25, -0.2) is 0 Å². The van der Waals surface area contributed by atoms with Gasteiger partial charge >= 0.3 is 11.8 Å². The van der Waals surface area contributed by atoms with Gasteiger partial charge in [-0.15, -0.1) is 0 Å². The molecule has 0 aliphatic carbocycles. The molecule has 0 radical (unpaired) electrons. The van der Waals surface area contributed by atoms with Crippen molar-refractivity contribution in [3.8, 4) is 22.9 Å².